The Morgan fingerprint density at radius 3 is 2.68 bits per heavy atom. The largest absolute Gasteiger partial charge is 0.396 e. The Balaban J connectivity index is 1.44. The molecule has 3 aliphatic rings. The molecule has 1 amide bonds. The number of carbonyl (C=O) groups is 1. The van der Waals surface area contributed by atoms with Crippen molar-refractivity contribution >= 4 is 5.91 Å². The van der Waals surface area contributed by atoms with Gasteiger partial charge in [-0.05, 0) is 25.7 Å². The summed E-state index contributed by atoms with van der Waals surface area (Å²) < 4.78 is 11.3. The normalized spacial score (nSPS) is 31.2. The molecule has 0 spiro atoms. The molecule has 0 aromatic heterocycles. The molecule has 3 rings (SSSR count). The Morgan fingerprint density at radius 1 is 1.32 bits per heavy atom. The lowest BCUT2D eigenvalue weighted by Gasteiger charge is -2.29. The third-order valence-corrected chi connectivity index (χ3v) is 5.19. The van der Waals surface area contributed by atoms with Crippen molar-refractivity contribution in [3.63, 3.8) is 0 Å². The monoisotopic (exact) mass is 312 g/mol. The lowest BCUT2D eigenvalue weighted by molar-refractivity contribution is -0.143. The van der Waals surface area contributed by atoms with Gasteiger partial charge in [0, 0.05) is 38.6 Å². The summed E-state index contributed by atoms with van der Waals surface area (Å²) in [6.45, 7) is 5.22. The van der Waals surface area contributed by atoms with Crippen LogP contribution in [-0.2, 0) is 14.3 Å². The van der Waals surface area contributed by atoms with Crippen molar-refractivity contribution in [3.8, 4) is 0 Å². The summed E-state index contributed by atoms with van der Waals surface area (Å²) in [6, 6.07) is 0. The number of hydrogen-bond acceptors (Lipinski definition) is 5. The van der Waals surface area contributed by atoms with Crippen LogP contribution in [0.5, 0.6) is 0 Å². The van der Waals surface area contributed by atoms with Gasteiger partial charge in [-0.25, -0.2) is 0 Å². The zero-order valence-corrected chi connectivity index (χ0v) is 13.5. The molecule has 1 aliphatic carbocycles. The molecule has 0 unspecified atom stereocenters. The molecule has 0 aromatic rings. The minimum absolute atomic E-state index is 0.0315. The molecule has 126 valence electrons. The van der Waals surface area contributed by atoms with Gasteiger partial charge < -0.3 is 19.5 Å². The van der Waals surface area contributed by atoms with E-state index in [-0.39, 0.29) is 30.1 Å². The average Bonchev–Trinajstić information content (AvgIpc) is 3.16. The number of likely N-dealkylation sites (N-methyl/N-ethyl adjacent to an activating group) is 1. The second-order valence-electron chi connectivity index (χ2n) is 7.09. The van der Waals surface area contributed by atoms with Crippen LogP contribution in [0.15, 0.2) is 0 Å². The number of nitrogens with zero attached hydrogens (tertiary/aromatic N) is 2. The van der Waals surface area contributed by atoms with Crippen LogP contribution in [0.4, 0.5) is 0 Å². The molecule has 0 radical (unpaired) electrons. The zero-order chi connectivity index (χ0) is 15.6. The van der Waals surface area contributed by atoms with Crippen molar-refractivity contribution in [1.82, 2.24) is 9.80 Å². The van der Waals surface area contributed by atoms with Crippen LogP contribution >= 0.6 is 0 Å². The molecule has 1 saturated carbocycles. The molecule has 6 nitrogen and oxygen atoms in total. The quantitative estimate of drug-likeness (QED) is 0.753. The Morgan fingerprint density at radius 2 is 2.05 bits per heavy atom. The van der Waals surface area contributed by atoms with Crippen LogP contribution in [0.3, 0.4) is 0 Å². The van der Waals surface area contributed by atoms with Crippen molar-refractivity contribution in [2.75, 3.05) is 53.0 Å². The fourth-order valence-electron chi connectivity index (χ4n) is 3.46. The number of rotatable bonds is 6. The number of aliphatic hydroxyl groups excluding tert-OH is 1. The molecular formula is C16H28N2O4. The minimum Gasteiger partial charge on any atom is -0.396 e. The van der Waals surface area contributed by atoms with E-state index >= 15 is 0 Å². The third kappa shape index (κ3) is 3.79. The van der Waals surface area contributed by atoms with Gasteiger partial charge in [-0.3, -0.25) is 9.69 Å². The van der Waals surface area contributed by atoms with Crippen molar-refractivity contribution in [2.24, 2.45) is 5.41 Å². The van der Waals surface area contributed by atoms with Gasteiger partial charge >= 0.3 is 0 Å². The topological polar surface area (TPSA) is 62.2 Å². The summed E-state index contributed by atoms with van der Waals surface area (Å²) in [5, 5.41) is 9.39. The smallest absolute Gasteiger partial charge is 0.251 e. The molecule has 1 N–H and O–H groups in total. The molecule has 2 saturated heterocycles. The average molecular weight is 312 g/mol. The van der Waals surface area contributed by atoms with Gasteiger partial charge in [-0.2, -0.15) is 0 Å². The standard InChI is InChI=1S/C16H28N2O4/c1-17(11-16(12-19)4-5-16)15(20)14-3-2-13(22-14)10-18-6-8-21-9-7-18/h13-14,19H,2-12H2,1H3/t13-,14+/m1/s1. The summed E-state index contributed by atoms with van der Waals surface area (Å²) in [4.78, 5) is 16.6. The van der Waals surface area contributed by atoms with E-state index in [1.54, 1.807) is 4.90 Å². The molecule has 0 bridgehead atoms. The molecule has 2 atom stereocenters. The van der Waals surface area contributed by atoms with Crippen LogP contribution in [0.2, 0.25) is 0 Å². The van der Waals surface area contributed by atoms with Gasteiger partial charge in [0.25, 0.3) is 5.91 Å². The maximum absolute atomic E-state index is 12.5. The Kier molecular flexibility index (Phi) is 5.02. The van der Waals surface area contributed by atoms with Gasteiger partial charge in [0.1, 0.15) is 6.10 Å². The van der Waals surface area contributed by atoms with E-state index in [0.29, 0.717) is 6.54 Å². The van der Waals surface area contributed by atoms with Gasteiger partial charge in [0.05, 0.1) is 25.9 Å². The molecule has 3 fully saturated rings. The van der Waals surface area contributed by atoms with E-state index < -0.39 is 0 Å². The fraction of sp³-hybridized carbons (Fsp3) is 0.938. The lowest BCUT2D eigenvalue weighted by Crippen LogP contribution is -2.43. The van der Waals surface area contributed by atoms with Crippen molar-refractivity contribution in [2.45, 2.75) is 37.9 Å². The molecule has 0 aromatic carbocycles. The predicted molar refractivity (Wildman–Crippen MR) is 81.5 cm³/mol. The third-order valence-electron chi connectivity index (χ3n) is 5.19. The summed E-state index contributed by atoms with van der Waals surface area (Å²) in [6.07, 6.45) is 3.66. The molecule has 22 heavy (non-hydrogen) atoms. The maximum atomic E-state index is 12.5. The van der Waals surface area contributed by atoms with E-state index in [2.05, 4.69) is 4.90 Å². The van der Waals surface area contributed by atoms with Crippen LogP contribution in [-0.4, -0.2) is 86.1 Å². The summed E-state index contributed by atoms with van der Waals surface area (Å²) in [5.41, 5.74) is -0.0315. The minimum atomic E-state index is -0.300. The van der Waals surface area contributed by atoms with Gasteiger partial charge in [-0.15, -0.1) is 0 Å². The first-order valence-electron chi connectivity index (χ1n) is 8.43. The maximum Gasteiger partial charge on any atom is 0.251 e. The number of morpholine rings is 1. The van der Waals surface area contributed by atoms with Crippen LogP contribution in [0, 0.1) is 5.41 Å². The van der Waals surface area contributed by atoms with Crippen molar-refractivity contribution in [3.05, 3.63) is 0 Å². The van der Waals surface area contributed by atoms with Crippen molar-refractivity contribution in [1.29, 1.82) is 0 Å². The first kappa shape index (κ1) is 16.2. The summed E-state index contributed by atoms with van der Waals surface area (Å²) >= 11 is 0. The Hall–Kier alpha value is -0.690. The fourth-order valence-corrected chi connectivity index (χ4v) is 3.46. The second kappa shape index (κ2) is 6.83. The number of aliphatic hydroxyl groups is 1. The van der Waals surface area contributed by atoms with Gasteiger partial charge in [0.15, 0.2) is 0 Å². The Labute approximate surface area is 132 Å². The predicted octanol–water partition coefficient (Wildman–Crippen LogP) is 0.0971. The van der Waals surface area contributed by atoms with E-state index in [1.807, 2.05) is 7.05 Å². The molecular weight excluding hydrogens is 284 g/mol. The second-order valence-corrected chi connectivity index (χ2v) is 7.09. The number of amides is 1. The van der Waals surface area contributed by atoms with E-state index in [4.69, 9.17) is 9.47 Å². The number of ether oxygens (including phenoxy) is 2. The van der Waals surface area contributed by atoms with Crippen LogP contribution < -0.4 is 0 Å². The molecule has 2 aliphatic heterocycles. The molecule has 2 heterocycles. The first-order chi connectivity index (χ1) is 10.6. The highest BCUT2D eigenvalue weighted by atomic mass is 16.5. The van der Waals surface area contributed by atoms with Crippen LogP contribution in [0.1, 0.15) is 25.7 Å². The Bertz CT molecular complexity index is 394. The number of carbonyl (C=O) groups excluding carboxylic acids is 1. The highest BCUT2D eigenvalue weighted by Crippen LogP contribution is 2.45. The van der Waals surface area contributed by atoms with Gasteiger partial charge in [-0.1, -0.05) is 0 Å². The summed E-state index contributed by atoms with van der Waals surface area (Å²) in [7, 11) is 1.83. The number of hydrogen-bond donors (Lipinski definition) is 1. The van der Waals surface area contributed by atoms with E-state index in [1.165, 1.54) is 0 Å². The van der Waals surface area contributed by atoms with E-state index in [9.17, 15) is 9.90 Å². The highest BCUT2D eigenvalue weighted by Gasteiger charge is 2.44. The lowest BCUT2D eigenvalue weighted by atomic mass is 10.1. The highest BCUT2D eigenvalue weighted by molar-refractivity contribution is 5.81. The molecule has 6 heteroatoms. The first-order valence-corrected chi connectivity index (χ1v) is 8.43. The zero-order valence-electron chi connectivity index (χ0n) is 13.5. The van der Waals surface area contributed by atoms with Crippen molar-refractivity contribution < 1.29 is 19.4 Å². The van der Waals surface area contributed by atoms with E-state index in [0.717, 1.165) is 58.5 Å². The summed E-state index contributed by atoms with van der Waals surface area (Å²) in [5.74, 6) is 0.0733. The van der Waals surface area contributed by atoms with Gasteiger partial charge in [0.2, 0.25) is 0 Å². The van der Waals surface area contributed by atoms with Crippen LogP contribution in [0.25, 0.3) is 0 Å². The SMILES string of the molecule is CN(CC1(CO)CC1)C(=O)[C@@H]1CC[C@H](CN2CCOCC2)O1.